The first-order valence-electron chi connectivity index (χ1n) is 6.80. The van der Waals surface area contributed by atoms with Crippen LogP contribution in [-0.2, 0) is 4.79 Å². The van der Waals surface area contributed by atoms with Gasteiger partial charge in [-0.2, -0.15) is 0 Å². The average molecular weight is 302 g/mol. The van der Waals surface area contributed by atoms with Crippen molar-refractivity contribution in [2.75, 3.05) is 0 Å². The van der Waals surface area contributed by atoms with Gasteiger partial charge in [0.2, 0.25) is 0 Å². The fraction of sp³-hybridized carbons (Fsp3) is 0.294. The molecule has 0 aliphatic rings. The lowest BCUT2D eigenvalue weighted by atomic mass is 10.1. The highest BCUT2D eigenvalue weighted by Gasteiger charge is 2.19. The number of hydrogen-bond acceptors (Lipinski definition) is 5. The molecule has 5 heteroatoms. The monoisotopic (exact) mass is 302 g/mol. The number of esters is 1. The lowest BCUT2D eigenvalue weighted by Crippen LogP contribution is -2.23. The van der Waals surface area contributed by atoms with Crippen LogP contribution in [-0.4, -0.2) is 11.6 Å². The molecule has 0 bridgehead atoms. The van der Waals surface area contributed by atoms with E-state index in [1.807, 2.05) is 20.8 Å². The molecule has 22 heavy (non-hydrogen) atoms. The molecule has 2 aromatic rings. The van der Waals surface area contributed by atoms with Crippen LogP contribution in [0.4, 0.5) is 0 Å². The molecule has 1 aromatic heterocycles. The van der Waals surface area contributed by atoms with Gasteiger partial charge < -0.3 is 13.9 Å². The molecular formula is C17H18O5. The quantitative estimate of drug-likeness (QED) is 0.376. The van der Waals surface area contributed by atoms with E-state index in [0.717, 1.165) is 0 Å². The van der Waals surface area contributed by atoms with Crippen LogP contribution in [0.5, 0.6) is 11.5 Å². The van der Waals surface area contributed by atoms with Gasteiger partial charge in [0.25, 0.3) is 0 Å². The standard InChI is InChI=1S/C17H18O5/c1-10(2)16(19)21-13-9-12-11(6-7-15(18)20-12)8-14(13)22-17(3,4)5/h6-9H,1H2,2-5H3. The van der Waals surface area contributed by atoms with E-state index in [1.54, 1.807) is 19.1 Å². The number of benzene rings is 1. The third kappa shape index (κ3) is 3.75. The van der Waals surface area contributed by atoms with Gasteiger partial charge in [0.15, 0.2) is 11.5 Å². The van der Waals surface area contributed by atoms with Gasteiger partial charge >= 0.3 is 11.6 Å². The Morgan fingerprint density at radius 2 is 1.86 bits per heavy atom. The molecule has 0 saturated carbocycles. The van der Waals surface area contributed by atoms with Crippen molar-refractivity contribution in [2.24, 2.45) is 0 Å². The van der Waals surface area contributed by atoms with Crippen LogP contribution < -0.4 is 15.1 Å². The maximum atomic E-state index is 11.8. The third-order valence-electron chi connectivity index (χ3n) is 2.65. The van der Waals surface area contributed by atoms with E-state index in [9.17, 15) is 9.59 Å². The molecule has 2 rings (SSSR count). The van der Waals surface area contributed by atoms with Gasteiger partial charge in [0, 0.05) is 23.1 Å². The maximum Gasteiger partial charge on any atom is 0.338 e. The molecule has 0 N–H and O–H groups in total. The summed E-state index contributed by atoms with van der Waals surface area (Å²) in [5.74, 6) is 0.00427. The number of rotatable bonds is 3. The van der Waals surface area contributed by atoms with Gasteiger partial charge in [0.05, 0.1) is 0 Å². The van der Waals surface area contributed by atoms with Gasteiger partial charge in [0.1, 0.15) is 11.2 Å². The summed E-state index contributed by atoms with van der Waals surface area (Å²) in [6.45, 7) is 10.7. The predicted molar refractivity (Wildman–Crippen MR) is 83.3 cm³/mol. The van der Waals surface area contributed by atoms with E-state index in [-0.39, 0.29) is 11.3 Å². The summed E-state index contributed by atoms with van der Waals surface area (Å²) >= 11 is 0. The number of ether oxygens (including phenoxy) is 2. The van der Waals surface area contributed by atoms with E-state index in [1.165, 1.54) is 12.1 Å². The summed E-state index contributed by atoms with van der Waals surface area (Å²) in [5, 5.41) is 0.675. The van der Waals surface area contributed by atoms with E-state index in [0.29, 0.717) is 16.7 Å². The van der Waals surface area contributed by atoms with Crippen molar-refractivity contribution in [3.8, 4) is 11.5 Å². The molecule has 5 nitrogen and oxygen atoms in total. The number of hydrogen-bond donors (Lipinski definition) is 0. The molecule has 0 amide bonds. The van der Waals surface area contributed by atoms with Gasteiger partial charge in [-0.3, -0.25) is 0 Å². The van der Waals surface area contributed by atoms with Crippen molar-refractivity contribution < 1.29 is 18.7 Å². The number of carbonyl (C=O) groups excluding carboxylic acids is 1. The molecule has 0 fully saturated rings. The fourth-order valence-corrected chi connectivity index (χ4v) is 1.75. The van der Waals surface area contributed by atoms with Crippen LogP contribution >= 0.6 is 0 Å². The average Bonchev–Trinajstić information content (AvgIpc) is 2.37. The molecule has 1 heterocycles. The van der Waals surface area contributed by atoms with Gasteiger partial charge in [-0.25, -0.2) is 9.59 Å². The molecule has 0 spiro atoms. The Balaban J connectivity index is 2.57. The first kappa shape index (κ1) is 15.8. The summed E-state index contributed by atoms with van der Waals surface area (Å²) in [6.07, 6.45) is 0. The first-order valence-corrected chi connectivity index (χ1v) is 6.80. The smallest absolute Gasteiger partial charge is 0.338 e. The van der Waals surface area contributed by atoms with Crippen LogP contribution in [0, 0.1) is 0 Å². The van der Waals surface area contributed by atoms with Crippen molar-refractivity contribution in [2.45, 2.75) is 33.3 Å². The molecule has 0 aliphatic heterocycles. The Morgan fingerprint density at radius 3 is 2.45 bits per heavy atom. The van der Waals surface area contributed by atoms with Crippen LogP contribution in [0.2, 0.25) is 0 Å². The molecule has 0 saturated heterocycles. The fourth-order valence-electron chi connectivity index (χ4n) is 1.75. The van der Waals surface area contributed by atoms with Crippen molar-refractivity contribution in [1.29, 1.82) is 0 Å². The predicted octanol–water partition coefficient (Wildman–Crippen LogP) is 3.45. The highest BCUT2D eigenvalue weighted by Crippen LogP contribution is 2.34. The second-order valence-corrected chi connectivity index (χ2v) is 5.98. The van der Waals surface area contributed by atoms with E-state index < -0.39 is 17.2 Å². The summed E-state index contributed by atoms with van der Waals surface area (Å²) < 4.78 is 16.2. The van der Waals surface area contributed by atoms with Crippen molar-refractivity contribution >= 4 is 16.9 Å². The zero-order chi connectivity index (χ0) is 16.5. The van der Waals surface area contributed by atoms with E-state index in [4.69, 9.17) is 13.9 Å². The van der Waals surface area contributed by atoms with Crippen molar-refractivity contribution in [3.05, 3.63) is 46.8 Å². The first-order chi connectivity index (χ1) is 10.2. The molecule has 116 valence electrons. The van der Waals surface area contributed by atoms with E-state index >= 15 is 0 Å². The zero-order valence-corrected chi connectivity index (χ0v) is 13.1. The molecular weight excluding hydrogens is 284 g/mol. The number of fused-ring (bicyclic) bond motifs is 1. The zero-order valence-electron chi connectivity index (χ0n) is 13.1. The molecule has 0 unspecified atom stereocenters. The second kappa shape index (κ2) is 5.67. The summed E-state index contributed by atoms with van der Waals surface area (Å²) in [5.41, 5.74) is -0.378. The second-order valence-electron chi connectivity index (χ2n) is 5.98. The van der Waals surface area contributed by atoms with Crippen LogP contribution in [0.25, 0.3) is 11.0 Å². The normalized spacial score (nSPS) is 11.3. The molecule has 0 atom stereocenters. The Morgan fingerprint density at radius 1 is 1.18 bits per heavy atom. The van der Waals surface area contributed by atoms with Crippen molar-refractivity contribution in [3.63, 3.8) is 0 Å². The summed E-state index contributed by atoms with van der Waals surface area (Å²) in [6, 6.07) is 6.09. The third-order valence-corrected chi connectivity index (χ3v) is 2.65. The topological polar surface area (TPSA) is 65.7 Å². The highest BCUT2D eigenvalue weighted by molar-refractivity contribution is 5.90. The minimum atomic E-state index is -0.573. The summed E-state index contributed by atoms with van der Waals surface area (Å²) in [4.78, 5) is 23.1. The summed E-state index contributed by atoms with van der Waals surface area (Å²) in [7, 11) is 0. The maximum absolute atomic E-state index is 11.8. The largest absolute Gasteiger partial charge is 0.484 e. The SMILES string of the molecule is C=C(C)C(=O)Oc1cc2oc(=O)ccc2cc1OC(C)(C)C. The Hall–Kier alpha value is -2.56. The molecule has 0 aliphatic carbocycles. The minimum Gasteiger partial charge on any atom is -0.484 e. The Bertz CT molecular complexity index is 793. The molecule has 0 radical (unpaired) electrons. The van der Waals surface area contributed by atoms with Gasteiger partial charge in [-0.05, 0) is 39.8 Å². The number of carbonyl (C=O) groups is 1. The van der Waals surface area contributed by atoms with Crippen LogP contribution in [0.1, 0.15) is 27.7 Å². The van der Waals surface area contributed by atoms with Gasteiger partial charge in [-0.1, -0.05) is 6.58 Å². The highest BCUT2D eigenvalue weighted by atomic mass is 16.6. The van der Waals surface area contributed by atoms with Crippen molar-refractivity contribution in [1.82, 2.24) is 0 Å². The van der Waals surface area contributed by atoms with Crippen LogP contribution in [0.3, 0.4) is 0 Å². The van der Waals surface area contributed by atoms with Crippen LogP contribution in [0.15, 0.2) is 45.6 Å². The lowest BCUT2D eigenvalue weighted by Gasteiger charge is -2.23. The minimum absolute atomic E-state index is 0.185. The Labute approximate surface area is 128 Å². The Kier molecular flexibility index (Phi) is 4.08. The lowest BCUT2D eigenvalue weighted by molar-refractivity contribution is -0.130. The van der Waals surface area contributed by atoms with E-state index in [2.05, 4.69) is 6.58 Å². The van der Waals surface area contributed by atoms with Gasteiger partial charge in [-0.15, -0.1) is 0 Å². The molecule has 1 aromatic carbocycles.